The van der Waals surface area contributed by atoms with Gasteiger partial charge in [-0.05, 0) is 40.8 Å². The summed E-state index contributed by atoms with van der Waals surface area (Å²) in [5.74, 6) is 1.64. The summed E-state index contributed by atoms with van der Waals surface area (Å²) in [7, 11) is 1.65. The number of hydrogen-bond acceptors (Lipinski definition) is 4. The van der Waals surface area contributed by atoms with Crippen molar-refractivity contribution in [2.75, 3.05) is 33.3 Å². The zero-order chi connectivity index (χ0) is 24.8. The van der Waals surface area contributed by atoms with Gasteiger partial charge in [0.2, 0.25) is 0 Å². The molecule has 4 rings (SSSR count). The molecule has 0 aromatic heterocycles. The lowest BCUT2D eigenvalue weighted by molar-refractivity contribution is 0.0628. The highest BCUT2D eigenvalue weighted by Crippen LogP contribution is 2.32. The lowest BCUT2D eigenvalue weighted by atomic mass is 9.86. The highest BCUT2D eigenvalue weighted by Gasteiger charge is 2.23. The Morgan fingerprint density at radius 2 is 1.54 bits per heavy atom. The first-order chi connectivity index (χ1) is 16.8. The molecule has 1 fully saturated rings. The highest BCUT2D eigenvalue weighted by molar-refractivity contribution is 5.94. The molecule has 1 amide bonds. The van der Waals surface area contributed by atoms with E-state index in [0.717, 1.165) is 55.3 Å². The standard InChI is InChI=1S/C30H36N2O3/c1-30(2,3)26-12-8-9-13-28(26)35-22-25-20-24(14-15-27(25)34-4)29(33)32-18-16-31(17-19-32)21-23-10-6-5-7-11-23/h5-15,20H,16-19,21-22H2,1-4H3. The minimum atomic E-state index is -0.0266. The maximum Gasteiger partial charge on any atom is 0.253 e. The van der Waals surface area contributed by atoms with Gasteiger partial charge in [-0.1, -0.05) is 69.3 Å². The molecule has 1 saturated heterocycles. The van der Waals surface area contributed by atoms with Crippen molar-refractivity contribution in [2.45, 2.75) is 39.3 Å². The lowest BCUT2D eigenvalue weighted by Crippen LogP contribution is -2.48. The zero-order valence-corrected chi connectivity index (χ0v) is 21.3. The van der Waals surface area contributed by atoms with Gasteiger partial charge >= 0.3 is 0 Å². The molecule has 184 valence electrons. The summed E-state index contributed by atoms with van der Waals surface area (Å²) in [6, 6.07) is 24.2. The fourth-order valence-electron chi connectivity index (χ4n) is 4.53. The third-order valence-corrected chi connectivity index (χ3v) is 6.51. The third kappa shape index (κ3) is 6.23. The Bertz CT molecular complexity index is 1130. The van der Waals surface area contributed by atoms with Gasteiger partial charge in [0.25, 0.3) is 5.91 Å². The number of piperazine rings is 1. The average molecular weight is 473 g/mol. The molecule has 3 aromatic rings. The normalized spacial score (nSPS) is 14.6. The molecule has 5 nitrogen and oxygen atoms in total. The maximum atomic E-state index is 13.3. The Morgan fingerprint density at radius 1 is 0.857 bits per heavy atom. The molecule has 0 atom stereocenters. The first-order valence-electron chi connectivity index (χ1n) is 12.3. The van der Waals surface area contributed by atoms with Crippen LogP contribution in [0.15, 0.2) is 72.8 Å². The molecular formula is C30H36N2O3. The second kappa shape index (κ2) is 11.0. The Labute approximate surface area is 209 Å². The minimum absolute atomic E-state index is 0.0266. The third-order valence-electron chi connectivity index (χ3n) is 6.51. The molecule has 0 unspecified atom stereocenters. The van der Waals surface area contributed by atoms with Crippen LogP contribution in [0.2, 0.25) is 0 Å². The molecule has 0 spiro atoms. The number of methoxy groups -OCH3 is 1. The van der Waals surface area contributed by atoms with Gasteiger partial charge in [0.1, 0.15) is 18.1 Å². The molecular weight excluding hydrogens is 436 g/mol. The van der Waals surface area contributed by atoms with E-state index in [9.17, 15) is 4.79 Å². The smallest absolute Gasteiger partial charge is 0.253 e. The number of amides is 1. The van der Waals surface area contributed by atoms with E-state index >= 15 is 0 Å². The van der Waals surface area contributed by atoms with Gasteiger partial charge in [0, 0.05) is 43.9 Å². The van der Waals surface area contributed by atoms with Gasteiger partial charge < -0.3 is 14.4 Å². The summed E-state index contributed by atoms with van der Waals surface area (Å²) in [6.45, 7) is 11.0. The van der Waals surface area contributed by atoms with Crippen molar-refractivity contribution in [3.8, 4) is 11.5 Å². The summed E-state index contributed by atoms with van der Waals surface area (Å²) in [6.07, 6.45) is 0. The van der Waals surface area contributed by atoms with E-state index in [4.69, 9.17) is 9.47 Å². The van der Waals surface area contributed by atoms with Gasteiger partial charge in [0.05, 0.1) is 7.11 Å². The van der Waals surface area contributed by atoms with Crippen molar-refractivity contribution in [3.63, 3.8) is 0 Å². The largest absolute Gasteiger partial charge is 0.496 e. The Morgan fingerprint density at radius 3 is 2.23 bits per heavy atom. The van der Waals surface area contributed by atoms with Crippen LogP contribution in [0.5, 0.6) is 11.5 Å². The van der Waals surface area contributed by atoms with Crippen LogP contribution < -0.4 is 9.47 Å². The molecule has 0 bridgehead atoms. The average Bonchev–Trinajstić information content (AvgIpc) is 2.87. The number of hydrogen-bond donors (Lipinski definition) is 0. The van der Waals surface area contributed by atoms with Crippen LogP contribution in [0, 0.1) is 0 Å². The quantitative estimate of drug-likeness (QED) is 0.453. The second-order valence-corrected chi connectivity index (χ2v) is 10.1. The van der Waals surface area contributed by atoms with Gasteiger partial charge in [-0.2, -0.15) is 0 Å². The van der Waals surface area contributed by atoms with Crippen LogP contribution in [-0.4, -0.2) is 49.0 Å². The predicted molar refractivity (Wildman–Crippen MR) is 140 cm³/mol. The highest BCUT2D eigenvalue weighted by atomic mass is 16.5. The fourth-order valence-corrected chi connectivity index (χ4v) is 4.53. The lowest BCUT2D eigenvalue weighted by Gasteiger charge is -2.35. The molecule has 0 N–H and O–H groups in total. The molecule has 1 aliphatic heterocycles. The number of carbonyl (C=O) groups excluding carboxylic acids is 1. The molecule has 3 aromatic carbocycles. The van der Waals surface area contributed by atoms with E-state index in [1.165, 1.54) is 5.56 Å². The molecule has 0 saturated carbocycles. The topological polar surface area (TPSA) is 42.0 Å². The van der Waals surface area contributed by atoms with Crippen LogP contribution in [0.3, 0.4) is 0 Å². The molecule has 1 aliphatic rings. The predicted octanol–water partition coefficient (Wildman–Crippen LogP) is 5.53. The fraction of sp³-hybridized carbons (Fsp3) is 0.367. The first-order valence-corrected chi connectivity index (χ1v) is 12.3. The summed E-state index contributed by atoms with van der Waals surface area (Å²) in [5.41, 5.74) is 3.97. The molecule has 35 heavy (non-hydrogen) atoms. The zero-order valence-electron chi connectivity index (χ0n) is 21.3. The number of carbonyl (C=O) groups is 1. The van der Waals surface area contributed by atoms with Crippen molar-refractivity contribution in [3.05, 3.63) is 95.1 Å². The Hall–Kier alpha value is -3.31. The van der Waals surface area contributed by atoms with Gasteiger partial charge in [0.15, 0.2) is 0 Å². The monoisotopic (exact) mass is 472 g/mol. The molecule has 0 radical (unpaired) electrons. The molecule has 5 heteroatoms. The number of benzene rings is 3. The van der Waals surface area contributed by atoms with Crippen LogP contribution >= 0.6 is 0 Å². The Kier molecular flexibility index (Phi) is 7.76. The number of nitrogens with zero attached hydrogens (tertiary/aromatic N) is 2. The number of ether oxygens (including phenoxy) is 2. The number of para-hydroxylation sites is 1. The van der Waals surface area contributed by atoms with E-state index in [1.807, 2.05) is 47.4 Å². The van der Waals surface area contributed by atoms with Crippen molar-refractivity contribution in [1.29, 1.82) is 0 Å². The van der Waals surface area contributed by atoms with Crippen molar-refractivity contribution >= 4 is 5.91 Å². The van der Waals surface area contributed by atoms with E-state index in [2.05, 4.69) is 56.0 Å². The molecule has 1 heterocycles. The summed E-state index contributed by atoms with van der Waals surface area (Å²) in [4.78, 5) is 17.7. The van der Waals surface area contributed by atoms with Gasteiger partial charge in [-0.15, -0.1) is 0 Å². The van der Waals surface area contributed by atoms with Crippen LogP contribution in [0.4, 0.5) is 0 Å². The SMILES string of the molecule is COc1ccc(C(=O)N2CCN(Cc3ccccc3)CC2)cc1COc1ccccc1C(C)(C)C. The van der Waals surface area contributed by atoms with Crippen LogP contribution in [-0.2, 0) is 18.6 Å². The van der Waals surface area contributed by atoms with Gasteiger partial charge in [-0.3, -0.25) is 9.69 Å². The first kappa shape index (κ1) is 24.8. The maximum absolute atomic E-state index is 13.3. The van der Waals surface area contributed by atoms with Crippen molar-refractivity contribution in [1.82, 2.24) is 9.80 Å². The van der Waals surface area contributed by atoms with E-state index in [-0.39, 0.29) is 11.3 Å². The van der Waals surface area contributed by atoms with Crippen molar-refractivity contribution < 1.29 is 14.3 Å². The van der Waals surface area contributed by atoms with Crippen molar-refractivity contribution in [2.24, 2.45) is 0 Å². The molecule has 0 aliphatic carbocycles. The van der Waals surface area contributed by atoms with Crippen LogP contribution in [0.25, 0.3) is 0 Å². The van der Waals surface area contributed by atoms with E-state index < -0.39 is 0 Å². The minimum Gasteiger partial charge on any atom is -0.496 e. The summed E-state index contributed by atoms with van der Waals surface area (Å²) in [5, 5.41) is 0. The second-order valence-electron chi connectivity index (χ2n) is 10.1. The summed E-state index contributed by atoms with van der Waals surface area (Å²) >= 11 is 0. The van der Waals surface area contributed by atoms with E-state index in [0.29, 0.717) is 12.2 Å². The van der Waals surface area contributed by atoms with Gasteiger partial charge in [-0.25, -0.2) is 0 Å². The summed E-state index contributed by atoms with van der Waals surface area (Å²) < 4.78 is 11.8. The number of rotatable bonds is 7. The Balaban J connectivity index is 1.42. The van der Waals surface area contributed by atoms with E-state index in [1.54, 1.807) is 7.11 Å². The van der Waals surface area contributed by atoms with Crippen LogP contribution in [0.1, 0.15) is 47.8 Å².